The molecule has 8 heteroatoms. The first-order valence-electron chi connectivity index (χ1n) is 8.38. The Bertz CT molecular complexity index is 903. The van der Waals surface area contributed by atoms with Crippen molar-refractivity contribution in [2.24, 2.45) is 0 Å². The van der Waals surface area contributed by atoms with E-state index in [2.05, 4.69) is 25.1 Å². The molecule has 2 N–H and O–H groups in total. The predicted molar refractivity (Wildman–Crippen MR) is 92.3 cm³/mol. The quantitative estimate of drug-likeness (QED) is 0.764. The Kier molecular flexibility index (Phi) is 3.19. The summed E-state index contributed by atoms with van der Waals surface area (Å²) in [6.45, 7) is 1.83. The summed E-state index contributed by atoms with van der Waals surface area (Å²) in [7, 11) is 0. The number of rotatable bonds is 2. The van der Waals surface area contributed by atoms with Crippen LogP contribution in [-0.2, 0) is 12.8 Å². The normalized spacial score (nSPS) is 20.7. The average Bonchev–Trinajstić information content (AvgIpc) is 3.30. The molecule has 1 fully saturated rings. The van der Waals surface area contributed by atoms with Crippen LogP contribution in [0.1, 0.15) is 41.5 Å². The van der Waals surface area contributed by atoms with Crippen molar-refractivity contribution >= 4 is 33.4 Å². The minimum absolute atomic E-state index is 0.141. The number of hydrogen-bond acceptors (Lipinski definition) is 8. The molecule has 24 heavy (non-hydrogen) atoms. The minimum Gasteiger partial charge on any atom is -0.408 e. The van der Waals surface area contributed by atoms with Crippen LogP contribution in [-0.4, -0.2) is 33.3 Å². The molecular weight excluding hydrogens is 324 g/mol. The van der Waals surface area contributed by atoms with Crippen molar-refractivity contribution in [1.29, 1.82) is 0 Å². The second-order valence-electron chi connectivity index (χ2n) is 6.50. The van der Waals surface area contributed by atoms with Gasteiger partial charge in [0, 0.05) is 18.0 Å². The van der Waals surface area contributed by atoms with Gasteiger partial charge in [0.05, 0.1) is 11.3 Å². The van der Waals surface area contributed by atoms with E-state index in [1.54, 1.807) is 6.33 Å². The first kappa shape index (κ1) is 14.2. The van der Waals surface area contributed by atoms with E-state index < -0.39 is 0 Å². The van der Waals surface area contributed by atoms with E-state index in [1.165, 1.54) is 28.7 Å². The van der Waals surface area contributed by atoms with Gasteiger partial charge in [0.15, 0.2) is 0 Å². The summed E-state index contributed by atoms with van der Waals surface area (Å²) < 4.78 is 5.45. The van der Waals surface area contributed by atoms with Gasteiger partial charge in [-0.25, -0.2) is 9.97 Å². The molecule has 1 aliphatic heterocycles. The van der Waals surface area contributed by atoms with E-state index in [4.69, 9.17) is 10.2 Å². The molecule has 0 spiro atoms. The third-order valence-corrected chi connectivity index (χ3v) is 6.21. The highest BCUT2D eigenvalue weighted by Gasteiger charge is 2.29. The van der Waals surface area contributed by atoms with E-state index in [0.717, 1.165) is 43.0 Å². The van der Waals surface area contributed by atoms with Crippen LogP contribution in [0.4, 0.5) is 11.8 Å². The molecule has 124 valence electrons. The molecule has 4 heterocycles. The zero-order valence-electron chi connectivity index (χ0n) is 13.2. The highest BCUT2D eigenvalue weighted by molar-refractivity contribution is 7.19. The van der Waals surface area contributed by atoms with Crippen LogP contribution in [0, 0.1) is 0 Å². The Morgan fingerprint density at radius 3 is 3.04 bits per heavy atom. The minimum atomic E-state index is 0.141. The lowest BCUT2D eigenvalue weighted by molar-refractivity contribution is 0.405. The van der Waals surface area contributed by atoms with Gasteiger partial charge in [-0.3, -0.25) is 0 Å². The molecule has 0 bridgehead atoms. The number of anilines is 2. The Morgan fingerprint density at radius 1 is 1.21 bits per heavy atom. The lowest BCUT2D eigenvalue weighted by Gasteiger charge is -2.32. The molecule has 0 radical (unpaired) electrons. The number of nitrogens with two attached hydrogens (primary N) is 1. The van der Waals surface area contributed by atoms with Crippen LogP contribution >= 0.6 is 11.3 Å². The number of aryl methyl sites for hydroxylation is 2. The highest BCUT2D eigenvalue weighted by atomic mass is 32.1. The van der Waals surface area contributed by atoms with Crippen molar-refractivity contribution in [2.75, 3.05) is 23.7 Å². The Morgan fingerprint density at radius 2 is 2.17 bits per heavy atom. The number of thiophene rings is 1. The molecular formula is C16H18N6OS. The lowest BCUT2D eigenvalue weighted by Crippen LogP contribution is -2.35. The number of nitrogen functional groups attached to an aromatic ring is 1. The summed E-state index contributed by atoms with van der Waals surface area (Å²) in [4.78, 5) is 14.1. The summed E-state index contributed by atoms with van der Waals surface area (Å²) in [5.74, 6) is 1.91. The SMILES string of the molecule is Nc1nnc(C2CCCN(c3ncnc4sc5c(c34)CCC5)C2)o1. The van der Waals surface area contributed by atoms with Crippen LogP contribution in [0.25, 0.3) is 10.2 Å². The summed E-state index contributed by atoms with van der Waals surface area (Å²) in [5, 5.41) is 9.14. The van der Waals surface area contributed by atoms with Crippen molar-refractivity contribution in [2.45, 2.75) is 38.0 Å². The van der Waals surface area contributed by atoms with E-state index >= 15 is 0 Å². The Hall–Kier alpha value is -2.22. The maximum atomic E-state index is 5.58. The Labute approximate surface area is 142 Å². The maximum absolute atomic E-state index is 5.58. The van der Waals surface area contributed by atoms with Crippen LogP contribution in [0.2, 0.25) is 0 Å². The topological polar surface area (TPSA) is 94.0 Å². The molecule has 2 aliphatic rings. The van der Waals surface area contributed by atoms with Gasteiger partial charge in [-0.15, -0.1) is 16.4 Å². The molecule has 0 amide bonds. The largest absolute Gasteiger partial charge is 0.408 e. The second-order valence-corrected chi connectivity index (χ2v) is 7.58. The summed E-state index contributed by atoms with van der Waals surface area (Å²) in [6, 6.07) is 0.141. The highest BCUT2D eigenvalue weighted by Crippen LogP contribution is 2.41. The van der Waals surface area contributed by atoms with Crippen LogP contribution in [0.5, 0.6) is 0 Å². The first-order chi connectivity index (χ1) is 11.8. The average molecular weight is 342 g/mol. The van der Waals surface area contributed by atoms with Crippen molar-refractivity contribution in [3.05, 3.63) is 22.7 Å². The smallest absolute Gasteiger partial charge is 0.312 e. The van der Waals surface area contributed by atoms with Gasteiger partial charge in [-0.1, -0.05) is 5.10 Å². The lowest BCUT2D eigenvalue weighted by atomic mass is 9.97. The third kappa shape index (κ3) is 2.16. The fourth-order valence-electron chi connectivity index (χ4n) is 3.93. The molecule has 7 nitrogen and oxygen atoms in total. The van der Waals surface area contributed by atoms with E-state index in [0.29, 0.717) is 5.89 Å². The van der Waals surface area contributed by atoms with E-state index in [-0.39, 0.29) is 11.9 Å². The molecule has 3 aromatic rings. The number of piperidine rings is 1. The Balaban J connectivity index is 1.53. The van der Waals surface area contributed by atoms with E-state index in [1.807, 2.05) is 11.3 Å². The first-order valence-corrected chi connectivity index (χ1v) is 9.20. The van der Waals surface area contributed by atoms with Gasteiger partial charge >= 0.3 is 6.01 Å². The van der Waals surface area contributed by atoms with Gasteiger partial charge in [-0.2, -0.15) is 0 Å². The number of nitrogens with zero attached hydrogens (tertiary/aromatic N) is 5. The number of hydrogen-bond donors (Lipinski definition) is 1. The van der Waals surface area contributed by atoms with Gasteiger partial charge in [0.1, 0.15) is 17.0 Å². The number of aromatic nitrogens is 4. The number of fused-ring (bicyclic) bond motifs is 3. The third-order valence-electron chi connectivity index (χ3n) is 5.01. The van der Waals surface area contributed by atoms with Gasteiger partial charge < -0.3 is 15.1 Å². The standard InChI is InChI=1S/C16H18N6OS/c17-16-21-20-14(23-16)9-3-2-6-22(7-9)13-12-10-4-1-5-11(10)24-15(12)19-8-18-13/h8-9H,1-7H2,(H2,17,21). The fourth-order valence-corrected chi connectivity index (χ4v) is 5.16. The molecule has 1 saturated heterocycles. The fraction of sp³-hybridized carbons (Fsp3) is 0.500. The van der Waals surface area contributed by atoms with Crippen molar-refractivity contribution in [3.8, 4) is 0 Å². The van der Waals surface area contributed by atoms with Crippen molar-refractivity contribution in [3.63, 3.8) is 0 Å². The van der Waals surface area contributed by atoms with Crippen molar-refractivity contribution in [1.82, 2.24) is 20.2 Å². The van der Waals surface area contributed by atoms with Gasteiger partial charge in [0.25, 0.3) is 0 Å². The van der Waals surface area contributed by atoms with Crippen LogP contribution in [0.3, 0.4) is 0 Å². The van der Waals surface area contributed by atoms with E-state index in [9.17, 15) is 0 Å². The van der Waals surface area contributed by atoms with Crippen LogP contribution in [0.15, 0.2) is 10.7 Å². The molecule has 3 aromatic heterocycles. The van der Waals surface area contributed by atoms with Crippen molar-refractivity contribution < 1.29 is 4.42 Å². The molecule has 0 saturated carbocycles. The molecule has 0 aromatic carbocycles. The zero-order chi connectivity index (χ0) is 16.1. The van der Waals surface area contributed by atoms with Crippen LogP contribution < -0.4 is 10.6 Å². The molecule has 1 unspecified atom stereocenters. The maximum Gasteiger partial charge on any atom is 0.312 e. The monoisotopic (exact) mass is 342 g/mol. The molecule has 1 aliphatic carbocycles. The second kappa shape index (κ2) is 5.41. The molecule has 5 rings (SSSR count). The van der Waals surface area contributed by atoms with Gasteiger partial charge in [0.2, 0.25) is 5.89 Å². The zero-order valence-corrected chi connectivity index (χ0v) is 14.1. The molecule has 1 atom stereocenters. The summed E-state index contributed by atoms with van der Waals surface area (Å²) in [5.41, 5.74) is 7.05. The predicted octanol–water partition coefficient (Wildman–Crippen LogP) is 2.53. The summed E-state index contributed by atoms with van der Waals surface area (Å²) >= 11 is 1.83. The van der Waals surface area contributed by atoms with Gasteiger partial charge in [-0.05, 0) is 37.7 Å². The summed E-state index contributed by atoms with van der Waals surface area (Å²) in [6.07, 6.45) is 7.37.